The van der Waals surface area contributed by atoms with Crippen LogP contribution in [0.25, 0.3) is 0 Å². The van der Waals surface area contributed by atoms with Gasteiger partial charge >= 0.3 is 0 Å². The van der Waals surface area contributed by atoms with Crippen LogP contribution in [0, 0.1) is 13.8 Å². The predicted molar refractivity (Wildman–Crippen MR) is 95.8 cm³/mol. The lowest BCUT2D eigenvalue weighted by molar-refractivity contribution is -0.131. The van der Waals surface area contributed by atoms with E-state index >= 15 is 0 Å². The molecule has 1 aromatic heterocycles. The van der Waals surface area contributed by atoms with Gasteiger partial charge in [-0.25, -0.2) is 9.97 Å². The largest absolute Gasteiger partial charge is 0.342 e. The lowest BCUT2D eigenvalue weighted by Crippen LogP contribution is -2.47. The maximum atomic E-state index is 12.8. The van der Waals surface area contributed by atoms with Crippen molar-refractivity contribution in [3.63, 3.8) is 0 Å². The zero-order valence-corrected chi connectivity index (χ0v) is 15.1. The van der Waals surface area contributed by atoms with Crippen molar-refractivity contribution >= 4 is 35.4 Å². The first-order valence-corrected chi connectivity index (χ1v) is 10.1. The summed E-state index contributed by atoms with van der Waals surface area (Å²) in [6.07, 6.45) is 2.85. The molecule has 2 heterocycles. The minimum atomic E-state index is -0.239. The van der Waals surface area contributed by atoms with Crippen molar-refractivity contribution in [3.05, 3.63) is 17.5 Å². The van der Waals surface area contributed by atoms with E-state index < -0.39 is 0 Å². The van der Waals surface area contributed by atoms with Gasteiger partial charge in [-0.3, -0.25) is 4.79 Å². The van der Waals surface area contributed by atoms with Crippen LogP contribution in [-0.2, 0) is 4.79 Å². The van der Waals surface area contributed by atoms with Crippen LogP contribution in [0.4, 0.5) is 5.95 Å². The first-order chi connectivity index (χ1) is 10.6. The van der Waals surface area contributed by atoms with Gasteiger partial charge in [-0.2, -0.15) is 23.5 Å². The van der Waals surface area contributed by atoms with Crippen LogP contribution in [0.1, 0.15) is 17.8 Å². The molecule has 0 radical (unpaired) electrons. The van der Waals surface area contributed by atoms with E-state index in [0.29, 0.717) is 5.95 Å². The van der Waals surface area contributed by atoms with Crippen LogP contribution in [0.2, 0.25) is 0 Å². The van der Waals surface area contributed by atoms with E-state index in [1.165, 1.54) is 0 Å². The fraction of sp³-hybridized carbons (Fsp3) is 0.667. The van der Waals surface area contributed by atoms with E-state index in [1.807, 2.05) is 36.6 Å². The lowest BCUT2D eigenvalue weighted by atomic mass is 10.2. The van der Waals surface area contributed by atoms with Gasteiger partial charge in [0.2, 0.25) is 11.9 Å². The summed E-state index contributed by atoms with van der Waals surface area (Å²) in [4.78, 5) is 23.5. The molecule has 1 amide bonds. The third-order valence-electron chi connectivity index (χ3n) is 3.52. The van der Waals surface area contributed by atoms with Crippen LogP contribution in [-0.4, -0.2) is 63.4 Å². The monoisotopic (exact) mass is 340 g/mol. The average molecular weight is 341 g/mol. The molecule has 1 N–H and O–H groups in total. The number of thioether (sulfide) groups is 2. The Hall–Kier alpha value is -0.950. The highest BCUT2D eigenvalue weighted by molar-refractivity contribution is 7.99. The zero-order valence-electron chi connectivity index (χ0n) is 13.5. The van der Waals surface area contributed by atoms with Crippen LogP contribution >= 0.6 is 23.5 Å². The van der Waals surface area contributed by atoms with Gasteiger partial charge in [0.25, 0.3) is 0 Å². The zero-order chi connectivity index (χ0) is 15.9. The summed E-state index contributed by atoms with van der Waals surface area (Å²) < 4.78 is 0. The molecule has 0 aliphatic carbocycles. The first kappa shape index (κ1) is 17.4. The van der Waals surface area contributed by atoms with Crippen LogP contribution in [0.3, 0.4) is 0 Å². The molecule has 1 unspecified atom stereocenters. The second kappa shape index (κ2) is 8.62. The van der Waals surface area contributed by atoms with Crippen molar-refractivity contribution in [2.75, 3.05) is 41.9 Å². The summed E-state index contributed by atoms with van der Waals surface area (Å²) in [6, 6.07) is 1.70. The maximum absolute atomic E-state index is 12.8. The smallest absolute Gasteiger partial charge is 0.245 e. The molecule has 7 heteroatoms. The Bertz CT molecular complexity index is 486. The first-order valence-electron chi connectivity index (χ1n) is 7.54. The van der Waals surface area contributed by atoms with Crippen molar-refractivity contribution in [1.82, 2.24) is 14.9 Å². The third-order valence-corrected chi connectivity index (χ3v) is 5.10. The summed E-state index contributed by atoms with van der Waals surface area (Å²) in [5, 5.41) is 3.26. The Kier molecular flexibility index (Phi) is 6.82. The van der Waals surface area contributed by atoms with Crippen molar-refractivity contribution in [3.8, 4) is 0 Å². The van der Waals surface area contributed by atoms with Gasteiger partial charge in [0.15, 0.2) is 0 Å². The van der Waals surface area contributed by atoms with E-state index in [1.54, 1.807) is 11.8 Å². The molecule has 1 aromatic rings. The molecule has 22 heavy (non-hydrogen) atoms. The fourth-order valence-electron chi connectivity index (χ4n) is 2.44. The molecule has 1 fully saturated rings. The number of rotatable bonds is 6. The molecular weight excluding hydrogens is 316 g/mol. The number of aromatic nitrogens is 2. The van der Waals surface area contributed by atoms with Crippen molar-refractivity contribution in [2.45, 2.75) is 26.3 Å². The van der Waals surface area contributed by atoms with Crippen LogP contribution in [0.5, 0.6) is 0 Å². The summed E-state index contributed by atoms with van der Waals surface area (Å²) in [5.41, 5.74) is 1.83. The number of anilines is 1. The third kappa shape index (κ3) is 5.05. The van der Waals surface area contributed by atoms with Gasteiger partial charge < -0.3 is 10.2 Å². The molecule has 0 bridgehead atoms. The van der Waals surface area contributed by atoms with E-state index in [4.69, 9.17) is 0 Å². The minimum Gasteiger partial charge on any atom is -0.342 e. The molecule has 0 spiro atoms. The Morgan fingerprint density at radius 1 is 1.36 bits per heavy atom. The Balaban J connectivity index is 2.08. The molecule has 1 atom stereocenters. The normalized spacial score (nSPS) is 16.4. The van der Waals surface area contributed by atoms with Gasteiger partial charge in [0, 0.05) is 36.0 Å². The highest BCUT2D eigenvalue weighted by atomic mass is 32.2. The van der Waals surface area contributed by atoms with Gasteiger partial charge in [-0.1, -0.05) is 0 Å². The van der Waals surface area contributed by atoms with Crippen molar-refractivity contribution < 1.29 is 4.79 Å². The molecule has 1 aliphatic rings. The number of nitrogens with one attached hydrogen (secondary N) is 1. The number of hydrogen-bond acceptors (Lipinski definition) is 6. The predicted octanol–water partition coefficient (Wildman–Crippen LogP) is 2.20. The van der Waals surface area contributed by atoms with E-state index in [-0.39, 0.29) is 11.9 Å². The summed E-state index contributed by atoms with van der Waals surface area (Å²) in [5.74, 6) is 3.74. The van der Waals surface area contributed by atoms with Gasteiger partial charge in [0.05, 0.1) is 0 Å². The highest BCUT2D eigenvalue weighted by Gasteiger charge is 2.26. The number of amides is 1. The summed E-state index contributed by atoms with van der Waals surface area (Å²) >= 11 is 3.67. The molecule has 1 saturated heterocycles. The Morgan fingerprint density at radius 3 is 2.59 bits per heavy atom. The maximum Gasteiger partial charge on any atom is 0.245 e. The summed E-state index contributed by atoms with van der Waals surface area (Å²) in [7, 11) is 0. The molecular formula is C15H24N4OS2. The van der Waals surface area contributed by atoms with Crippen molar-refractivity contribution in [1.29, 1.82) is 0 Å². The van der Waals surface area contributed by atoms with Gasteiger partial charge in [-0.15, -0.1) is 0 Å². The summed E-state index contributed by atoms with van der Waals surface area (Å²) in [6.45, 7) is 5.57. The number of hydrogen-bond donors (Lipinski definition) is 1. The SMILES string of the molecule is CSCCC(Nc1nc(C)cc(C)n1)C(=O)N1CCSCC1. The fourth-order valence-corrected chi connectivity index (χ4v) is 3.82. The van der Waals surface area contributed by atoms with E-state index in [2.05, 4.69) is 21.5 Å². The van der Waals surface area contributed by atoms with E-state index in [9.17, 15) is 4.79 Å². The Morgan fingerprint density at radius 2 is 2.00 bits per heavy atom. The molecule has 122 valence electrons. The van der Waals surface area contributed by atoms with Gasteiger partial charge in [-0.05, 0) is 38.3 Å². The topological polar surface area (TPSA) is 58.1 Å². The Labute approximate surface area is 141 Å². The second-order valence-corrected chi connectivity index (χ2v) is 7.60. The highest BCUT2D eigenvalue weighted by Crippen LogP contribution is 2.15. The van der Waals surface area contributed by atoms with Gasteiger partial charge in [0.1, 0.15) is 6.04 Å². The van der Waals surface area contributed by atoms with Crippen molar-refractivity contribution in [2.24, 2.45) is 0 Å². The minimum absolute atomic E-state index is 0.178. The lowest BCUT2D eigenvalue weighted by Gasteiger charge is -2.30. The number of carbonyl (C=O) groups is 1. The standard InChI is InChI=1S/C15H24N4OS2/c1-11-10-12(2)17-15(16-11)18-13(4-7-21-3)14(20)19-5-8-22-9-6-19/h10,13H,4-9H2,1-3H3,(H,16,17,18). The van der Waals surface area contributed by atoms with Crippen LogP contribution < -0.4 is 5.32 Å². The second-order valence-electron chi connectivity index (χ2n) is 5.39. The molecule has 1 aliphatic heterocycles. The number of carbonyl (C=O) groups excluding carboxylic acids is 1. The van der Waals surface area contributed by atoms with Crippen LogP contribution in [0.15, 0.2) is 6.07 Å². The number of nitrogens with zero attached hydrogens (tertiary/aromatic N) is 3. The molecule has 0 aromatic carbocycles. The molecule has 2 rings (SSSR count). The quantitative estimate of drug-likeness (QED) is 0.857. The van der Waals surface area contributed by atoms with E-state index in [0.717, 1.165) is 48.2 Å². The average Bonchev–Trinajstić information content (AvgIpc) is 2.50. The molecule has 0 saturated carbocycles. The number of aryl methyl sites for hydroxylation is 2. The molecule has 5 nitrogen and oxygen atoms in total.